The van der Waals surface area contributed by atoms with Crippen LogP contribution in [0.25, 0.3) is 0 Å². The molecule has 0 spiro atoms. The first-order valence-electron chi connectivity index (χ1n) is 8.99. The molecule has 1 saturated carbocycles. The van der Waals surface area contributed by atoms with Crippen LogP contribution in [0.4, 0.5) is 0 Å². The number of ether oxygens (including phenoxy) is 1. The molecular formula is C19H23N3O3. The zero-order valence-electron chi connectivity index (χ0n) is 14.5. The molecular weight excluding hydrogens is 318 g/mol. The monoisotopic (exact) mass is 341 g/mol. The van der Waals surface area contributed by atoms with Crippen molar-refractivity contribution in [3.05, 3.63) is 41.5 Å². The van der Waals surface area contributed by atoms with Crippen LogP contribution in [-0.2, 0) is 17.8 Å². The van der Waals surface area contributed by atoms with E-state index in [0.29, 0.717) is 31.3 Å². The standard InChI is InChI=1S/C19H23N3O3/c1-22(12-17-20-18(25-21-17)13-6-4-7-13)19(23)15-9-10-24-16-8-3-2-5-14(16)11-15/h2-3,5,8,13,15H,4,6-7,9-12H2,1H3. The Hall–Kier alpha value is -2.37. The highest BCUT2D eigenvalue weighted by molar-refractivity contribution is 5.79. The molecule has 1 aliphatic carbocycles. The second-order valence-electron chi connectivity index (χ2n) is 7.02. The normalized spacial score (nSPS) is 20.1. The minimum Gasteiger partial charge on any atom is -0.493 e. The van der Waals surface area contributed by atoms with Gasteiger partial charge in [0.25, 0.3) is 0 Å². The lowest BCUT2D eigenvalue weighted by Crippen LogP contribution is -2.34. The minimum absolute atomic E-state index is 0.0772. The highest BCUT2D eigenvalue weighted by atomic mass is 16.5. The van der Waals surface area contributed by atoms with Crippen LogP contribution < -0.4 is 4.74 Å². The Morgan fingerprint density at radius 1 is 1.28 bits per heavy atom. The van der Waals surface area contributed by atoms with E-state index >= 15 is 0 Å². The number of hydrogen-bond acceptors (Lipinski definition) is 5. The highest BCUT2D eigenvalue weighted by Crippen LogP contribution is 2.35. The Kier molecular flexibility index (Phi) is 4.42. The lowest BCUT2D eigenvalue weighted by Gasteiger charge is -2.21. The number of benzene rings is 1. The summed E-state index contributed by atoms with van der Waals surface area (Å²) in [6.45, 7) is 0.948. The van der Waals surface area contributed by atoms with Crippen LogP contribution >= 0.6 is 0 Å². The van der Waals surface area contributed by atoms with E-state index in [1.54, 1.807) is 11.9 Å². The van der Waals surface area contributed by atoms with Gasteiger partial charge in [0.05, 0.1) is 13.2 Å². The fraction of sp³-hybridized carbons (Fsp3) is 0.526. The summed E-state index contributed by atoms with van der Waals surface area (Å²) in [4.78, 5) is 19.0. The van der Waals surface area contributed by atoms with Crippen molar-refractivity contribution in [1.82, 2.24) is 15.0 Å². The van der Waals surface area contributed by atoms with Gasteiger partial charge in [-0.25, -0.2) is 0 Å². The van der Waals surface area contributed by atoms with Crippen molar-refractivity contribution >= 4 is 5.91 Å². The lowest BCUT2D eigenvalue weighted by atomic mass is 9.85. The van der Waals surface area contributed by atoms with Crippen LogP contribution in [0, 0.1) is 5.92 Å². The lowest BCUT2D eigenvalue weighted by molar-refractivity contribution is -0.135. The number of rotatable bonds is 4. The van der Waals surface area contributed by atoms with Crippen LogP contribution in [-0.4, -0.2) is 34.6 Å². The molecule has 0 saturated heterocycles. The number of amides is 1. The molecule has 1 aromatic carbocycles. The van der Waals surface area contributed by atoms with Crippen molar-refractivity contribution in [3.63, 3.8) is 0 Å². The molecule has 2 heterocycles. The molecule has 0 radical (unpaired) electrons. The Bertz CT molecular complexity index is 754. The number of nitrogens with zero attached hydrogens (tertiary/aromatic N) is 3. The summed E-state index contributed by atoms with van der Waals surface area (Å²) < 4.78 is 11.1. The van der Waals surface area contributed by atoms with Gasteiger partial charge in [-0.15, -0.1) is 0 Å². The predicted molar refractivity (Wildman–Crippen MR) is 91.1 cm³/mol. The Balaban J connectivity index is 1.40. The molecule has 0 bridgehead atoms. The van der Waals surface area contributed by atoms with E-state index in [4.69, 9.17) is 9.26 Å². The summed E-state index contributed by atoms with van der Waals surface area (Å²) in [7, 11) is 1.80. The molecule has 0 N–H and O–H groups in total. The van der Waals surface area contributed by atoms with E-state index in [9.17, 15) is 4.79 Å². The van der Waals surface area contributed by atoms with E-state index in [-0.39, 0.29) is 11.8 Å². The van der Waals surface area contributed by atoms with Crippen molar-refractivity contribution < 1.29 is 14.1 Å². The average Bonchev–Trinajstić information content (AvgIpc) is 2.89. The molecule has 25 heavy (non-hydrogen) atoms. The molecule has 1 unspecified atom stereocenters. The van der Waals surface area contributed by atoms with Crippen LogP contribution in [0.2, 0.25) is 0 Å². The summed E-state index contributed by atoms with van der Waals surface area (Å²) >= 11 is 0. The largest absolute Gasteiger partial charge is 0.493 e. The van der Waals surface area contributed by atoms with Crippen molar-refractivity contribution in [2.45, 2.75) is 44.6 Å². The molecule has 6 heteroatoms. The van der Waals surface area contributed by atoms with Crippen LogP contribution in [0.5, 0.6) is 5.75 Å². The summed E-state index contributed by atoms with van der Waals surface area (Å²) in [5, 5.41) is 4.04. The fourth-order valence-electron chi connectivity index (χ4n) is 3.46. The van der Waals surface area contributed by atoms with Gasteiger partial charge in [-0.1, -0.05) is 29.8 Å². The van der Waals surface area contributed by atoms with E-state index in [0.717, 1.165) is 36.5 Å². The molecule has 2 aliphatic rings. The van der Waals surface area contributed by atoms with E-state index in [1.165, 1.54) is 6.42 Å². The number of para-hydroxylation sites is 1. The molecule has 1 fully saturated rings. The molecule has 6 nitrogen and oxygen atoms in total. The van der Waals surface area contributed by atoms with Crippen molar-refractivity contribution in [3.8, 4) is 5.75 Å². The zero-order chi connectivity index (χ0) is 17.2. The summed E-state index contributed by atoms with van der Waals surface area (Å²) in [5.74, 6) is 2.64. The highest BCUT2D eigenvalue weighted by Gasteiger charge is 2.28. The first-order valence-corrected chi connectivity index (χ1v) is 8.99. The number of fused-ring (bicyclic) bond motifs is 1. The first kappa shape index (κ1) is 16.1. The first-order chi connectivity index (χ1) is 12.2. The van der Waals surface area contributed by atoms with Gasteiger partial charge in [0.2, 0.25) is 11.8 Å². The van der Waals surface area contributed by atoms with Gasteiger partial charge in [-0.3, -0.25) is 4.79 Å². The quantitative estimate of drug-likeness (QED) is 0.855. The van der Waals surface area contributed by atoms with E-state index in [1.807, 2.05) is 24.3 Å². The average molecular weight is 341 g/mol. The number of aromatic nitrogens is 2. The van der Waals surface area contributed by atoms with Crippen LogP contribution in [0.3, 0.4) is 0 Å². The molecule has 1 aliphatic heterocycles. The molecule has 4 rings (SSSR count). The summed E-state index contributed by atoms with van der Waals surface area (Å²) in [6.07, 6.45) is 4.90. The van der Waals surface area contributed by atoms with Gasteiger partial charge in [0.1, 0.15) is 5.75 Å². The molecule has 1 amide bonds. The number of carbonyl (C=O) groups is 1. The number of carbonyl (C=O) groups excluding carboxylic acids is 1. The Morgan fingerprint density at radius 3 is 2.92 bits per heavy atom. The van der Waals surface area contributed by atoms with Crippen LogP contribution in [0.1, 0.15) is 48.9 Å². The summed E-state index contributed by atoms with van der Waals surface area (Å²) in [5.41, 5.74) is 1.10. The molecule has 1 aromatic heterocycles. The van der Waals surface area contributed by atoms with Gasteiger partial charge < -0.3 is 14.2 Å². The zero-order valence-corrected chi connectivity index (χ0v) is 14.5. The SMILES string of the molecule is CN(Cc1noc(C2CCC2)n1)C(=O)C1CCOc2ccccc2C1. The Morgan fingerprint density at radius 2 is 2.12 bits per heavy atom. The fourth-order valence-corrected chi connectivity index (χ4v) is 3.46. The number of hydrogen-bond donors (Lipinski definition) is 0. The maximum Gasteiger partial charge on any atom is 0.229 e. The topological polar surface area (TPSA) is 68.5 Å². The third-order valence-electron chi connectivity index (χ3n) is 5.21. The van der Waals surface area contributed by atoms with Gasteiger partial charge in [-0.05, 0) is 37.3 Å². The third kappa shape index (κ3) is 3.38. The minimum atomic E-state index is -0.0772. The molecule has 1 atom stereocenters. The second-order valence-corrected chi connectivity index (χ2v) is 7.02. The smallest absolute Gasteiger partial charge is 0.229 e. The third-order valence-corrected chi connectivity index (χ3v) is 5.21. The maximum absolute atomic E-state index is 12.9. The predicted octanol–water partition coefficient (Wildman–Crippen LogP) is 2.94. The van der Waals surface area contributed by atoms with Gasteiger partial charge in [0.15, 0.2) is 5.82 Å². The van der Waals surface area contributed by atoms with Gasteiger partial charge in [0, 0.05) is 18.9 Å². The van der Waals surface area contributed by atoms with Crippen molar-refractivity contribution in [1.29, 1.82) is 0 Å². The van der Waals surface area contributed by atoms with E-state index in [2.05, 4.69) is 10.1 Å². The van der Waals surface area contributed by atoms with Crippen molar-refractivity contribution in [2.75, 3.05) is 13.7 Å². The van der Waals surface area contributed by atoms with E-state index < -0.39 is 0 Å². The van der Waals surface area contributed by atoms with Crippen molar-refractivity contribution in [2.24, 2.45) is 5.92 Å². The second kappa shape index (κ2) is 6.86. The Labute approximate surface area is 147 Å². The van der Waals surface area contributed by atoms with Crippen LogP contribution in [0.15, 0.2) is 28.8 Å². The maximum atomic E-state index is 12.9. The summed E-state index contributed by atoms with van der Waals surface area (Å²) in [6, 6.07) is 7.95. The van der Waals surface area contributed by atoms with Gasteiger partial charge in [-0.2, -0.15) is 4.98 Å². The molecule has 2 aromatic rings. The molecule has 132 valence electrons. The van der Waals surface area contributed by atoms with Gasteiger partial charge >= 0.3 is 0 Å².